The standard InChI is InChI=1S/C14H8BrClF2O2/c15-11-5-8(16)1-4-14(11)20-7-13(19)10-3-2-9(17)6-12(10)18/h1-6H,7H2. The Morgan fingerprint density at radius 2 is 1.95 bits per heavy atom. The minimum absolute atomic E-state index is 0.212. The van der Waals surface area contributed by atoms with Crippen LogP contribution in [0.4, 0.5) is 8.78 Å². The third-order valence-electron chi connectivity index (χ3n) is 2.48. The van der Waals surface area contributed by atoms with Gasteiger partial charge >= 0.3 is 0 Å². The molecule has 6 heteroatoms. The molecule has 0 aromatic heterocycles. The fourth-order valence-corrected chi connectivity index (χ4v) is 2.33. The average molecular weight is 362 g/mol. The first-order valence-corrected chi connectivity index (χ1v) is 6.70. The molecule has 2 aromatic rings. The van der Waals surface area contributed by atoms with Crippen molar-refractivity contribution in [2.45, 2.75) is 0 Å². The van der Waals surface area contributed by atoms with Crippen LogP contribution in [0.2, 0.25) is 5.02 Å². The lowest BCUT2D eigenvalue weighted by Gasteiger charge is -2.08. The Balaban J connectivity index is 2.08. The Morgan fingerprint density at radius 1 is 1.20 bits per heavy atom. The van der Waals surface area contributed by atoms with E-state index in [9.17, 15) is 13.6 Å². The van der Waals surface area contributed by atoms with Crippen LogP contribution < -0.4 is 4.74 Å². The van der Waals surface area contributed by atoms with Gasteiger partial charge in [-0.1, -0.05) is 11.6 Å². The van der Waals surface area contributed by atoms with Gasteiger partial charge < -0.3 is 4.74 Å². The number of ether oxygens (including phenoxy) is 1. The van der Waals surface area contributed by atoms with E-state index in [1.54, 1.807) is 18.2 Å². The zero-order valence-corrected chi connectivity index (χ0v) is 12.3. The molecule has 0 spiro atoms. The van der Waals surface area contributed by atoms with Crippen molar-refractivity contribution in [3.05, 3.63) is 63.1 Å². The maximum absolute atomic E-state index is 13.4. The molecule has 2 aromatic carbocycles. The highest BCUT2D eigenvalue weighted by atomic mass is 79.9. The van der Waals surface area contributed by atoms with Gasteiger partial charge in [-0.15, -0.1) is 0 Å². The SMILES string of the molecule is O=C(COc1ccc(Cl)cc1Br)c1ccc(F)cc1F. The van der Waals surface area contributed by atoms with Crippen molar-refractivity contribution in [1.82, 2.24) is 0 Å². The molecule has 0 aliphatic carbocycles. The Kier molecular flexibility index (Phi) is 4.73. The highest BCUT2D eigenvalue weighted by molar-refractivity contribution is 9.10. The molecule has 0 amide bonds. The molecule has 0 atom stereocenters. The quantitative estimate of drug-likeness (QED) is 0.742. The first-order chi connectivity index (χ1) is 9.47. The number of hydrogen-bond acceptors (Lipinski definition) is 2. The van der Waals surface area contributed by atoms with Crippen molar-refractivity contribution < 1.29 is 18.3 Å². The molecular formula is C14H8BrClF2O2. The minimum atomic E-state index is -0.909. The number of carbonyl (C=O) groups is 1. The lowest BCUT2D eigenvalue weighted by atomic mass is 10.1. The van der Waals surface area contributed by atoms with Crippen LogP contribution in [0.15, 0.2) is 40.9 Å². The zero-order valence-electron chi connectivity index (χ0n) is 10.00. The molecule has 0 N–H and O–H groups in total. The Hall–Kier alpha value is -1.46. The second-order valence-corrected chi connectivity index (χ2v) is 5.20. The van der Waals surface area contributed by atoms with Gasteiger partial charge in [0.1, 0.15) is 17.4 Å². The molecule has 0 aliphatic heterocycles. The molecule has 0 radical (unpaired) electrons. The van der Waals surface area contributed by atoms with Gasteiger partial charge in [-0.3, -0.25) is 4.79 Å². The van der Waals surface area contributed by atoms with Gasteiger partial charge in [-0.05, 0) is 46.3 Å². The Labute approximate surface area is 127 Å². The predicted molar refractivity (Wildman–Crippen MR) is 75.3 cm³/mol. The highest BCUT2D eigenvalue weighted by Crippen LogP contribution is 2.28. The summed E-state index contributed by atoms with van der Waals surface area (Å²) in [4.78, 5) is 11.8. The van der Waals surface area contributed by atoms with Crippen molar-refractivity contribution in [3.63, 3.8) is 0 Å². The summed E-state index contributed by atoms with van der Waals surface area (Å²) in [5.41, 5.74) is -0.212. The fourth-order valence-electron chi connectivity index (χ4n) is 1.53. The largest absolute Gasteiger partial charge is 0.484 e. The third-order valence-corrected chi connectivity index (χ3v) is 3.34. The van der Waals surface area contributed by atoms with Crippen LogP contribution in [0, 0.1) is 11.6 Å². The van der Waals surface area contributed by atoms with E-state index >= 15 is 0 Å². The molecular weight excluding hydrogens is 354 g/mol. The van der Waals surface area contributed by atoms with Gasteiger partial charge in [-0.2, -0.15) is 0 Å². The highest BCUT2D eigenvalue weighted by Gasteiger charge is 2.14. The van der Waals surface area contributed by atoms with E-state index in [4.69, 9.17) is 16.3 Å². The van der Waals surface area contributed by atoms with Crippen LogP contribution >= 0.6 is 27.5 Å². The first kappa shape index (κ1) is 14.9. The summed E-state index contributed by atoms with van der Waals surface area (Å²) in [5, 5.41) is 0.514. The Bertz CT molecular complexity index is 662. The molecule has 104 valence electrons. The minimum Gasteiger partial charge on any atom is -0.484 e. The third kappa shape index (κ3) is 3.55. The number of halogens is 4. The van der Waals surface area contributed by atoms with E-state index < -0.39 is 17.4 Å². The lowest BCUT2D eigenvalue weighted by molar-refractivity contribution is 0.0917. The molecule has 20 heavy (non-hydrogen) atoms. The zero-order chi connectivity index (χ0) is 14.7. The molecule has 0 saturated heterocycles. The van der Waals surface area contributed by atoms with Gasteiger partial charge in [0.15, 0.2) is 6.61 Å². The van der Waals surface area contributed by atoms with Crippen LogP contribution in [0.5, 0.6) is 5.75 Å². The van der Waals surface area contributed by atoms with Gasteiger partial charge in [0.2, 0.25) is 5.78 Å². The van der Waals surface area contributed by atoms with Gasteiger partial charge in [0.25, 0.3) is 0 Å². The molecule has 0 fully saturated rings. The number of benzene rings is 2. The van der Waals surface area contributed by atoms with Crippen molar-refractivity contribution in [3.8, 4) is 5.75 Å². The summed E-state index contributed by atoms with van der Waals surface area (Å²) in [6, 6.07) is 7.57. The monoisotopic (exact) mass is 360 g/mol. The topological polar surface area (TPSA) is 26.3 Å². The predicted octanol–water partition coefficient (Wildman–Crippen LogP) is 4.64. The summed E-state index contributed by atoms with van der Waals surface area (Å²) < 4.78 is 32.0. The summed E-state index contributed by atoms with van der Waals surface area (Å²) in [6.07, 6.45) is 0. The summed E-state index contributed by atoms with van der Waals surface area (Å²) in [5.74, 6) is -1.82. The van der Waals surface area contributed by atoms with Crippen molar-refractivity contribution in [1.29, 1.82) is 0 Å². The number of ketones is 1. The fraction of sp³-hybridized carbons (Fsp3) is 0.0714. The van der Waals surface area contributed by atoms with E-state index in [0.29, 0.717) is 21.3 Å². The average Bonchev–Trinajstić information content (AvgIpc) is 2.37. The summed E-state index contributed by atoms with van der Waals surface area (Å²) in [6.45, 7) is -0.358. The summed E-state index contributed by atoms with van der Waals surface area (Å²) in [7, 11) is 0. The van der Waals surface area contributed by atoms with E-state index in [1.807, 2.05) is 0 Å². The molecule has 0 heterocycles. The molecule has 0 bridgehead atoms. The van der Waals surface area contributed by atoms with Gasteiger partial charge in [0, 0.05) is 11.1 Å². The maximum atomic E-state index is 13.4. The van der Waals surface area contributed by atoms with E-state index in [-0.39, 0.29) is 12.2 Å². The van der Waals surface area contributed by atoms with Gasteiger partial charge in [0.05, 0.1) is 10.0 Å². The molecule has 0 saturated carbocycles. The second-order valence-electron chi connectivity index (χ2n) is 3.91. The number of hydrogen-bond donors (Lipinski definition) is 0. The van der Waals surface area contributed by atoms with Crippen molar-refractivity contribution in [2.24, 2.45) is 0 Å². The van der Waals surface area contributed by atoms with Crippen LogP contribution in [-0.2, 0) is 0 Å². The molecule has 0 unspecified atom stereocenters. The van der Waals surface area contributed by atoms with Crippen molar-refractivity contribution in [2.75, 3.05) is 6.61 Å². The molecule has 0 aliphatic rings. The Morgan fingerprint density at radius 3 is 2.60 bits per heavy atom. The molecule has 2 nitrogen and oxygen atoms in total. The smallest absolute Gasteiger partial charge is 0.203 e. The number of carbonyl (C=O) groups excluding carboxylic acids is 1. The maximum Gasteiger partial charge on any atom is 0.203 e. The number of Topliss-reactive ketones (excluding diaryl/α,β-unsaturated/α-hetero) is 1. The van der Waals surface area contributed by atoms with E-state index in [2.05, 4.69) is 15.9 Å². The van der Waals surface area contributed by atoms with Crippen LogP contribution in [-0.4, -0.2) is 12.4 Å². The van der Waals surface area contributed by atoms with Gasteiger partial charge in [-0.25, -0.2) is 8.78 Å². The normalized spacial score (nSPS) is 10.4. The van der Waals surface area contributed by atoms with Crippen LogP contribution in [0.1, 0.15) is 10.4 Å². The first-order valence-electron chi connectivity index (χ1n) is 5.53. The van der Waals surface area contributed by atoms with E-state index in [0.717, 1.165) is 12.1 Å². The molecule has 2 rings (SSSR count). The van der Waals surface area contributed by atoms with Crippen LogP contribution in [0.3, 0.4) is 0 Å². The van der Waals surface area contributed by atoms with Crippen LogP contribution in [0.25, 0.3) is 0 Å². The summed E-state index contributed by atoms with van der Waals surface area (Å²) >= 11 is 9.01. The number of rotatable bonds is 4. The lowest BCUT2D eigenvalue weighted by Crippen LogP contribution is -2.13. The second kappa shape index (κ2) is 6.33. The van der Waals surface area contributed by atoms with E-state index in [1.165, 1.54) is 0 Å². The van der Waals surface area contributed by atoms with Crippen molar-refractivity contribution >= 4 is 33.3 Å².